The van der Waals surface area contributed by atoms with E-state index in [9.17, 15) is 24.3 Å². The van der Waals surface area contributed by atoms with Crippen molar-refractivity contribution in [1.82, 2.24) is 5.32 Å². The van der Waals surface area contributed by atoms with Gasteiger partial charge in [0.15, 0.2) is 5.78 Å². The van der Waals surface area contributed by atoms with E-state index in [4.69, 9.17) is 10.5 Å². The molecule has 0 saturated heterocycles. The summed E-state index contributed by atoms with van der Waals surface area (Å²) in [5, 5.41) is 11.6. The molecule has 1 aromatic carbocycles. The lowest BCUT2D eigenvalue weighted by Gasteiger charge is -2.22. The summed E-state index contributed by atoms with van der Waals surface area (Å²) in [7, 11) is 0. The van der Waals surface area contributed by atoms with E-state index < -0.39 is 29.6 Å². The van der Waals surface area contributed by atoms with Crippen molar-refractivity contribution in [1.29, 1.82) is 0 Å². The third kappa shape index (κ3) is 8.23. The molecule has 0 heterocycles. The van der Waals surface area contributed by atoms with Crippen LogP contribution in [-0.2, 0) is 16.0 Å². The van der Waals surface area contributed by atoms with Crippen molar-refractivity contribution in [3.63, 3.8) is 0 Å². The maximum Gasteiger partial charge on any atom is 0.339 e. The van der Waals surface area contributed by atoms with Crippen LogP contribution in [0, 0.1) is 5.92 Å². The van der Waals surface area contributed by atoms with Gasteiger partial charge in [0.2, 0.25) is 0 Å². The number of rotatable bonds is 10. The molecule has 4 N–H and O–H groups in total. The van der Waals surface area contributed by atoms with Gasteiger partial charge in [0, 0.05) is 18.4 Å². The Morgan fingerprint density at radius 3 is 2.30 bits per heavy atom. The molecule has 8 nitrogen and oxygen atoms in total. The molecule has 0 spiro atoms. The number of urea groups is 1. The van der Waals surface area contributed by atoms with Gasteiger partial charge in [-0.15, -0.1) is 0 Å². The number of primary amides is 1. The summed E-state index contributed by atoms with van der Waals surface area (Å²) in [6, 6.07) is 2.30. The maximum atomic E-state index is 13.0. The second-order valence-electron chi connectivity index (χ2n) is 8.65. The summed E-state index contributed by atoms with van der Waals surface area (Å²) in [6.07, 6.45) is 1.50. The summed E-state index contributed by atoms with van der Waals surface area (Å²) in [4.78, 5) is 48.5. The highest BCUT2D eigenvalue weighted by molar-refractivity contribution is 6.07. The third-order valence-electron chi connectivity index (χ3n) is 4.27. The van der Waals surface area contributed by atoms with Crippen LogP contribution in [-0.4, -0.2) is 40.5 Å². The van der Waals surface area contributed by atoms with E-state index >= 15 is 0 Å². The summed E-state index contributed by atoms with van der Waals surface area (Å²) in [5.41, 5.74) is 4.87. The van der Waals surface area contributed by atoms with E-state index in [-0.39, 0.29) is 29.8 Å². The minimum Gasteiger partial charge on any atom is -0.480 e. The zero-order valence-corrected chi connectivity index (χ0v) is 18.3. The SMILES string of the molecule is CC(C)CCCC(=O)c1c(C[C@@H](NC(N)=O)C(=O)O)cccc1C(=O)OC(C)(C)C. The Bertz CT molecular complexity index is 795. The summed E-state index contributed by atoms with van der Waals surface area (Å²) in [6.45, 7) is 9.26. The number of carboxylic acids is 1. The van der Waals surface area contributed by atoms with Crippen LogP contribution >= 0.6 is 0 Å². The van der Waals surface area contributed by atoms with Gasteiger partial charge >= 0.3 is 18.0 Å². The summed E-state index contributed by atoms with van der Waals surface area (Å²) < 4.78 is 5.43. The van der Waals surface area contributed by atoms with Crippen LogP contribution in [0.2, 0.25) is 0 Å². The first-order valence-corrected chi connectivity index (χ1v) is 9.99. The number of Topliss-reactive ketones (excluding diaryl/α,β-unsaturated/α-hetero) is 1. The predicted molar refractivity (Wildman–Crippen MR) is 112 cm³/mol. The van der Waals surface area contributed by atoms with Crippen LogP contribution in [0.1, 0.15) is 80.2 Å². The van der Waals surface area contributed by atoms with Crippen LogP contribution in [0.3, 0.4) is 0 Å². The van der Waals surface area contributed by atoms with Crippen LogP contribution in [0.5, 0.6) is 0 Å². The first kappa shape index (κ1) is 25.1. The van der Waals surface area contributed by atoms with E-state index in [1.807, 2.05) is 0 Å². The lowest BCUT2D eigenvalue weighted by molar-refractivity contribution is -0.139. The molecule has 0 aliphatic carbocycles. The van der Waals surface area contributed by atoms with Gasteiger partial charge in [-0.1, -0.05) is 32.4 Å². The van der Waals surface area contributed by atoms with Gasteiger partial charge < -0.3 is 20.9 Å². The highest BCUT2D eigenvalue weighted by Gasteiger charge is 2.28. The molecule has 0 unspecified atom stereocenters. The zero-order chi connectivity index (χ0) is 23.1. The molecule has 30 heavy (non-hydrogen) atoms. The summed E-state index contributed by atoms with van der Waals surface area (Å²) in [5.74, 6) is -1.80. The number of aliphatic carboxylic acids is 1. The topological polar surface area (TPSA) is 136 Å². The van der Waals surface area contributed by atoms with Crippen molar-refractivity contribution in [2.45, 2.75) is 71.9 Å². The predicted octanol–water partition coefficient (Wildman–Crippen LogP) is 3.31. The average molecular weight is 421 g/mol. The number of nitrogens with one attached hydrogen (secondary N) is 1. The molecule has 0 saturated carbocycles. The van der Waals surface area contributed by atoms with Crippen LogP contribution in [0.25, 0.3) is 0 Å². The lowest BCUT2D eigenvalue weighted by Crippen LogP contribution is -2.45. The number of carboxylic acid groups (broad SMARTS) is 1. The molecule has 0 bridgehead atoms. The van der Waals surface area contributed by atoms with E-state index in [2.05, 4.69) is 19.2 Å². The number of nitrogens with two attached hydrogens (primary N) is 1. The molecule has 0 aliphatic rings. The quantitative estimate of drug-likeness (QED) is 0.392. The van der Waals surface area contributed by atoms with E-state index in [1.165, 1.54) is 6.07 Å². The highest BCUT2D eigenvalue weighted by atomic mass is 16.6. The number of ketones is 1. The molecule has 0 aromatic heterocycles. The average Bonchev–Trinajstić information content (AvgIpc) is 2.58. The lowest BCUT2D eigenvalue weighted by atomic mass is 9.90. The number of hydrogen-bond donors (Lipinski definition) is 3. The minimum absolute atomic E-state index is 0.0835. The number of ether oxygens (including phenoxy) is 1. The third-order valence-corrected chi connectivity index (χ3v) is 4.27. The molecule has 0 aliphatic heterocycles. The smallest absolute Gasteiger partial charge is 0.339 e. The maximum absolute atomic E-state index is 13.0. The van der Waals surface area contributed by atoms with Crippen LogP contribution in [0.15, 0.2) is 18.2 Å². The van der Waals surface area contributed by atoms with Gasteiger partial charge in [-0.2, -0.15) is 0 Å². The van der Waals surface area contributed by atoms with Crippen molar-refractivity contribution in [3.8, 4) is 0 Å². The fourth-order valence-corrected chi connectivity index (χ4v) is 2.99. The fraction of sp³-hybridized carbons (Fsp3) is 0.545. The van der Waals surface area contributed by atoms with Crippen molar-refractivity contribution < 1.29 is 29.0 Å². The van der Waals surface area contributed by atoms with Crippen LogP contribution < -0.4 is 11.1 Å². The van der Waals surface area contributed by atoms with Crippen molar-refractivity contribution in [2.24, 2.45) is 11.7 Å². The van der Waals surface area contributed by atoms with E-state index in [0.29, 0.717) is 17.9 Å². The molecule has 2 amide bonds. The second kappa shape index (κ2) is 10.8. The molecule has 1 rings (SSSR count). The Kier molecular flexibility index (Phi) is 9.01. The number of carbonyl (C=O) groups excluding carboxylic acids is 3. The van der Waals surface area contributed by atoms with Crippen LogP contribution in [0.4, 0.5) is 4.79 Å². The van der Waals surface area contributed by atoms with E-state index in [1.54, 1.807) is 32.9 Å². The number of amides is 2. The second-order valence-corrected chi connectivity index (χ2v) is 8.65. The van der Waals surface area contributed by atoms with Gasteiger partial charge in [-0.25, -0.2) is 14.4 Å². The normalized spacial score (nSPS) is 12.3. The molecule has 1 aromatic rings. The zero-order valence-electron chi connectivity index (χ0n) is 18.3. The van der Waals surface area contributed by atoms with Crippen molar-refractivity contribution >= 4 is 23.8 Å². The van der Waals surface area contributed by atoms with Gasteiger partial charge in [-0.05, 0) is 44.7 Å². The number of hydrogen-bond acceptors (Lipinski definition) is 5. The van der Waals surface area contributed by atoms with Crippen molar-refractivity contribution in [3.05, 3.63) is 34.9 Å². The molecule has 0 radical (unpaired) electrons. The molecule has 1 atom stereocenters. The molecular weight excluding hydrogens is 388 g/mol. The Morgan fingerprint density at radius 2 is 1.80 bits per heavy atom. The van der Waals surface area contributed by atoms with Crippen molar-refractivity contribution in [2.75, 3.05) is 0 Å². The summed E-state index contributed by atoms with van der Waals surface area (Å²) >= 11 is 0. The Morgan fingerprint density at radius 1 is 1.17 bits per heavy atom. The van der Waals surface area contributed by atoms with Gasteiger partial charge in [0.1, 0.15) is 11.6 Å². The number of carbonyl (C=O) groups is 4. The Hall–Kier alpha value is -2.90. The number of esters is 1. The minimum atomic E-state index is -1.33. The monoisotopic (exact) mass is 420 g/mol. The van der Waals surface area contributed by atoms with Gasteiger partial charge in [0.05, 0.1) is 5.56 Å². The molecule has 8 heteroatoms. The first-order valence-electron chi connectivity index (χ1n) is 9.99. The van der Waals surface area contributed by atoms with Gasteiger partial charge in [-0.3, -0.25) is 4.79 Å². The fourth-order valence-electron chi connectivity index (χ4n) is 2.99. The Labute approximate surface area is 177 Å². The van der Waals surface area contributed by atoms with Gasteiger partial charge in [0.25, 0.3) is 0 Å². The molecule has 166 valence electrons. The van der Waals surface area contributed by atoms with E-state index in [0.717, 1.165) is 6.42 Å². The highest BCUT2D eigenvalue weighted by Crippen LogP contribution is 2.23. The number of benzene rings is 1. The Balaban J connectivity index is 3.36. The largest absolute Gasteiger partial charge is 0.480 e. The first-order chi connectivity index (χ1) is 13.8. The standard InChI is InChI=1S/C22H32N2O6/c1-13(2)8-6-11-17(25)18-14(12-16(19(26)27)24-21(23)29)9-7-10-15(18)20(28)30-22(3,4)5/h7,9-10,13,16H,6,8,11-12H2,1-5H3,(H,26,27)(H3,23,24,29)/t16-/m1/s1. The molecular formula is C22H32N2O6. The molecule has 0 fully saturated rings.